The van der Waals surface area contributed by atoms with Crippen LogP contribution in [0.4, 0.5) is 0 Å². The summed E-state index contributed by atoms with van der Waals surface area (Å²) < 4.78 is 2.68. The van der Waals surface area contributed by atoms with Gasteiger partial charge in [-0.05, 0) is 31.5 Å². The Labute approximate surface area is 150 Å². The molecule has 0 aliphatic rings. The maximum Gasteiger partial charge on any atom is 0.317 e. The zero-order valence-electron chi connectivity index (χ0n) is 14.8. The quantitative estimate of drug-likeness (QED) is 0.715. The van der Waals surface area contributed by atoms with Gasteiger partial charge in [0.2, 0.25) is 5.91 Å². The molecule has 0 aliphatic heterocycles. The van der Waals surface area contributed by atoms with Crippen molar-refractivity contribution in [3.8, 4) is 0 Å². The largest absolute Gasteiger partial charge is 0.348 e. The van der Waals surface area contributed by atoms with Gasteiger partial charge in [0.15, 0.2) is 0 Å². The summed E-state index contributed by atoms with van der Waals surface area (Å²) in [5.74, 6) is -0.317. The van der Waals surface area contributed by atoms with Crippen LogP contribution < -0.4 is 16.4 Å². The molecule has 0 aliphatic carbocycles. The highest BCUT2D eigenvalue weighted by molar-refractivity contribution is 5.80. The Balaban J connectivity index is 1.94. The average molecular weight is 351 g/mol. The van der Waals surface area contributed by atoms with Crippen molar-refractivity contribution in [1.29, 1.82) is 0 Å². The fourth-order valence-corrected chi connectivity index (χ4v) is 3.10. The van der Waals surface area contributed by atoms with Crippen LogP contribution in [0.25, 0.3) is 11.0 Å². The Hall–Kier alpha value is -3.15. The van der Waals surface area contributed by atoms with Gasteiger partial charge < -0.3 is 9.88 Å². The number of aromatic nitrogens is 2. The van der Waals surface area contributed by atoms with Crippen molar-refractivity contribution in [2.45, 2.75) is 33.0 Å². The van der Waals surface area contributed by atoms with Crippen LogP contribution in [0.2, 0.25) is 0 Å². The van der Waals surface area contributed by atoms with E-state index in [2.05, 4.69) is 5.32 Å². The lowest BCUT2D eigenvalue weighted by molar-refractivity contribution is -0.122. The fourth-order valence-electron chi connectivity index (χ4n) is 3.10. The number of hydrogen-bond donors (Lipinski definition) is 1. The Morgan fingerprint density at radius 2 is 1.46 bits per heavy atom. The van der Waals surface area contributed by atoms with Gasteiger partial charge in [0.05, 0.1) is 17.1 Å². The molecular weight excluding hydrogens is 330 g/mol. The Morgan fingerprint density at radius 3 is 2.08 bits per heavy atom. The van der Waals surface area contributed by atoms with E-state index in [0.717, 1.165) is 5.56 Å². The molecular formula is C20H21N3O3. The number of carbonyl (C=O) groups excluding carboxylic acids is 1. The van der Waals surface area contributed by atoms with E-state index in [0.29, 0.717) is 17.6 Å². The van der Waals surface area contributed by atoms with E-state index in [1.54, 1.807) is 24.3 Å². The number of hydrogen-bond acceptors (Lipinski definition) is 3. The van der Waals surface area contributed by atoms with Crippen molar-refractivity contribution in [2.24, 2.45) is 0 Å². The summed E-state index contributed by atoms with van der Waals surface area (Å²) in [6.07, 6.45) is 0. The zero-order valence-corrected chi connectivity index (χ0v) is 14.8. The van der Waals surface area contributed by atoms with Gasteiger partial charge in [0, 0.05) is 6.54 Å². The number of nitrogens with zero attached hydrogens (tertiary/aromatic N) is 2. The summed E-state index contributed by atoms with van der Waals surface area (Å²) >= 11 is 0. The maximum absolute atomic E-state index is 12.5. The van der Waals surface area contributed by atoms with Gasteiger partial charge in [-0.2, -0.15) is 0 Å². The number of fused-ring (bicyclic) bond motifs is 1. The molecule has 0 fully saturated rings. The minimum Gasteiger partial charge on any atom is -0.348 e. The third-order valence-electron chi connectivity index (χ3n) is 4.43. The number of para-hydroxylation sites is 2. The second-order valence-electron chi connectivity index (χ2n) is 6.13. The first-order chi connectivity index (χ1) is 12.5. The second-order valence-corrected chi connectivity index (χ2v) is 6.13. The molecule has 0 bridgehead atoms. The summed E-state index contributed by atoms with van der Waals surface area (Å²) in [6, 6.07) is 16.5. The van der Waals surface area contributed by atoms with Crippen LogP contribution in [0.3, 0.4) is 0 Å². The minimum atomic E-state index is -0.687. The summed E-state index contributed by atoms with van der Waals surface area (Å²) in [6.45, 7) is 3.89. The standard InChI is InChI=1S/C20H21N3O3/c1-3-22-16-11-7-8-12-17(16)23(20(26)19(22)25)13-18(24)21-14(2)15-9-5-4-6-10-15/h4-12,14H,3,13H2,1-2H3,(H,21,24)/t14-/m0/s1. The average Bonchev–Trinajstić information content (AvgIpc) is 2.66. The molecule has 0 saturated heterocycles. The number of carbonyl (C=O) groups is 1. The molecule has 0 unspecified atom stereocenters. The van der Waals surface area contributed by atoms with Crippen LogP contribution in [0.15, 0.2) is 64.2 Å². The fraction of sp³-hybridized carbons (Fsp3) is 0.250. The Morgan fingerprint density at radius 1 is 0.923 bits per heavy atom. The lowest BCUT2D eigenvalue weighted by Crippen LogP contribution is -2.44. The molecule has 3 aromatic rings. The first-order valence-corrected chi connectivity index (χ1v) is 8.59. The summed E-state index contributed by atoms with van der Waals surface area (Å²) in [4.78, 5) is 37.3. The molecule has 0 saturated carbocycles. The predicted molar refractivity (Wildman–Crippen MR) is 101 cm³/mol. The van der Waals surface area contributed by atoms with E-state index in [1.807, 2.05) is 44.2 Å². The molecule has 6 heteroatoms. The van der Waals surface area contributed by atoms with E-state index < -0.39 is 11.1 Å². The number of rotatable bonds is 5. The van der Waals surface area contributed by atoms with E-state index in [-0.39, 0.29) is 18.5 Å². The van der Waals surface area contributed by atoms with Gasteiger partial charge in [-0.15, -0.1) is 0 Å². The molecule has 1 N–H and O–H groups in total. The van der Waals surface area contributed by atoms with Gasteiger partial charge in [0.1, 0.15) is 6.54 Å². The smallest absolute Gasteiger partial charge is 0.317 e. The van der Waals surface area contributed by atoms with E-state index in [9.17, 15) is 14.4 Å². The second kappa shape index (κ2) is 7.39. The molecule has 1 aromatic heterocycles. The van der Waals surface area contributed by atoms with Crippen LogP contribution in [-0.4, -0.2) is 15.0 Å². The molecule has 6 nitrogen and oxygen atoms in total. The molecule has 1 atom stereocenters. The third-order valence-corrected chi connectivity index (χ3v) is 4.43. The summed E-state index contributed by atoms with van der Waals surface area (Å²) in [5.41, 5.74) is 0.882. The number of benzene rings is 2. The van der Waals surface area contributed by atoms with Crippen LogP contribution in [0.1, 0.15) is 25.5 Å². The van der Waals surface area contributed by atoms with Crippen molar-refractivity contribution in [1.82, 2.24) is 14.5 Å². The predicted octanol–water partition coefficient (Wildman–Crippen LogP) is 2.06. The normalized spacial score (nSPS) is 12.1. The topological polar surface area (TPSA) is 73.1 Å². The van der Waals surface area contributed by atoms with Crippen molar-refractivity contribution in [3.63, 3.8) is 0 Å². The Bertz CT molecular complexity index is 1050. The zero-order chi connectivity index (χ0) is 18.7. The van der Waals surface area contributed by atoms with Gasteiger partial charge in [-0.25, -0.2) is 0 Å². The molecule has 2 aromatic carbocycles. The number of amides is 1. The highest BCUT2D eigenvalue weighted by Gasteiger charge is 2.16. The monoisotopic (exact) mass is 351 g/mol. The lowest BCUT2D eigenvalue weighted by Gasteiger charge is -2.17. The molecule has 1 heterocycles. The molecule has 0 radical (unpaired) electrons. The number of aryl methyl sites for hydroxylation is 1. The highest BCUT2D eigenvalue weighted by atomic mass is 16.2. The van der Waals surface area contributed by atoms with Gasteiger partial charge in [0.25, 0.3) is 0 Å². The molecule has 26 heavy (non-hydrogen) atoms. The van der Waals surface area contributed by atoms with Crippen molar-refractivity contribution in [3.05, 3.63) is 80.9 Å². The van der Waals surface area contributed by atoms with Crippen molar-refractivity contribution < 1.29 is 4.79 Å². The molecule has 1 amide bonds. The maximum atomic E-state index is 12.5. The van der Waals surface area contributed by atoms with E-state index in [4.69, 9.17) is 0 Å². The van der Waals surface area contributed by atoms with Crippen LogP contribution in [0.5, 0.6) is 0 Å². The Kier molecular flexibility index (Phi) is 5.02. The molecule has 3 rings (SSSR count). The lowest BCUT2D eigenvalue weighted by atomic mass is 10.1. The highest BCUT2D eigenvalue weighted by Crippen LogP contribution is 2.12. The van der Waals surface area contributed by atoms with Gasteiger partial charge in [-0.3, -0.25) is 19.0 Å². The van der Waals surface area contributed by atoms with Crippen LogP contribution in [-0.2, 0) is 17.9 Å². The molecule has 134 valence electrons. The van der Waals surface area contributed by atoms with Crippen molar-refractivity contribution in [2.75, 3.05) is 0 Å². The summed E-state index contributed by atoms with van der Waals surface area (Å²) in [7, 11) is 0. The first-order valence-electron chi connectivity index (χ1n) is 8.59. The van der Waals surface area contributed by atoms with Crippen molar-refractivity contribution >= 4 is 16.9 Å². The van der Waals surface area contributed by atoms with Gasteiger partial charge in [-0.1, -0.05) is 42.5 Å². The van der Waals surface area contributed by atoms with Gasteiger partial charge >= 0.3 is 11.1 Å². The first kappa shape index (κ1) is 17.7. The third kappa shape index (κ3) is 3.31. The summed E-state index contributed by atoms with van der Waals surface area (Å²) in [5, 5.41) is 2.88. The van der Waals surface area contributed by atoms with Crippen LogP contribution in [0, 0.1) is 0 Å². The van der Waals surface area contributed by atoms with E-state index in [1.165, 1.54) is 9.13 Å². The SMILES string of the molecule is CCn1c(=O)c(=O)n(CC(=O)N[C@@H](C)c2ccccc2)c2ccccc21. The van der Waals surface area contributed by atoms with E-state index >= 15 is 0 Å². The van der Waals surface area contributed by atoms with Crippen LogP contribution >= 0.6 is 0 Å². The minimum absolute atomic E-state index is 0.193. The number of nitrogens with one attached hydrogen (secondary N) is 1. The molecule has 0 spiro atoms.